The minimum Gasteiger partial charge on any atom is -0.494 e. The van der Waals surface area contributed by atoms with E-state index in [-0.39, 0.29) is 30.3 Å². The lowest BCUT2D eigenvalue weighted by Crippen LogP contribution is -2.42. The third kappa shape index (κ3) is 5.91. The summed E-state index contributed by atoms with van der Waals surface area (Å²) in [5.74, 6) is 1.88. The van der Waals surface area contributed by atoms with Crippen molar-refractivity contribution in [1.29, 1.82) is 0 Å². The lowest BCUT2D eigenvalue weighted by Gasteiger charge is -2.38. The van der Waals surface area contributed by atoms with Crippen molar-refractivity contribution in [3.05, 3.63) is 88.5 Å². The molecule has 0 saturated carbocycles. The second-order valence-electron chi connectivity index (χ2n) is 10.8. The van der Waals surface area contributed by atoms with Crippen molar-refractivity contribution in [3.63, 3.8) is 0 Å². The van der Waals surface area contributed by atoms with Gasteiger partial charge in [0.2, 0.25) is 11.8 Å². The van der Waals surface area contributed by atoms with Crippen molar-refractivity contribution in [2.24, 2.45) is 0 Å². The van der Waals surface area contributed by atoms with Crippen LogP contribution in [-0.4, -0.2) is 73.5 Å². The smallest absolute Gasteiger partial charge is 0.254 e. The molecule has 3 aromatic carbocycles. The zero-order valence-electron chi connectivity index (χ0n) is 23.8. The van der Waals surface area contributed by atoms with Crippen molar-refractivity contribution in [3.8, 4) is 17.2 Å². The summed E-state index contributed by atoms with van der Waals surface area (Å²) in [7, 11) is 0. The van der Waals surface area contributed by atoms with E-state index in [4.69, 9.17) is 14.2 Å². The molecule has 0 fully saturated rings. The van der Waals surface area contributed by atoms with Gasteiger partial charge in [0.15, 0.2) is 0 Å². The van der Waals surface area contributed by atoms with E-state index in [1.807, 2.05) is 65.6 Å². The molecule has 4 aliphatic rings. The number of ether oxygens (including phenoxy) is 3. The van der Waals surface area contributed by atoms with Gasteiger partial charge < -0.3 is 29.3 Å². The number of hydrogen-bond donors (Lipinski definition) is 1. The van der Waals surface area contributed by atoms with E-state index in [9.17, 15) is 14.4 Å². The lowest BCUT2D eigenvalue weighted by atomic mass is 9.87. The fraction of sp³-hybridized carbons (Fsp3) is 0.364. The number of carbonyl (C=O) groups is 3. The average Bonchev–Trinajstić information content (AvgIpc) is 3.48. The maximum atomic E-state index is 14.0. The fourth-order valence-corrected chi connectivity index (χ4v) is 5.92. The molecule has 9 nitrogen and oxygen atoms in total. The van der Waals surface area contributed by atoms with E-state index in [0.29, 0.717) is 63.6 Å². The number of hydrogen-bond acceptors (Lipinski definition) is 6. The third-order valence-electron chi connectivity index (χ3n) is 8.03. The molecule has 42 heavy (non-hydrogen) atoms. The highest BCUT2D eigenvalue weighted by atomic mass is 16.5. The Balaban J connectivity index is 1.30. The van der Waals surface area contributed by atoms with Gasteiger partial charge in [-0.1, -0.05) is 18.2 Å². The minimum absolute atomic E-state index is 0.00887. The second-order valence-corrected chi connectivity index (χ2v) is 10.8. The average molecular weight is 570 g/mol. The first-order valence-electron chi connectivity index (χ1n) is 14.5. The van der Waals surface area contributed by atoms with Gasteiger partial charge >= 0.3 is 0 Å². The summed E-state index contributed by atoms with van der Waals surface area (Å²) in [6.45, 7) is 4.15. The number of rotatable bonds is 3. The maximum Gasteiger partial charge on any atom is 0.254 e. The summed E-state index contributed by atoms with van der Waals surface area (Å²) in [4.78, 5) is 41.8. The molecule has 6 bridgehead atoms. The van der Waals surface area contributed by atoms with Crippen molar-refractivity contribution >= 4 is 17.7 Å². The van der Waals surface area contributed by atoms with Crippen molar-refractivity contribution in [2.75, 3.05) is 46.0 Å². The van der Waals surface area contributed by atoms with Crippen LogP contribution in [0.4, 0.5) is 0 Å². The molecule has 1 atom stereocenters. The van der Waals surface area contributed by atoms with Gasteiger partial charge in [-0.05, 0) is 77.6 Å². The molecular formula is C33H35N3O6. The molecule has 3 aromatic rings. The standard InChI is InChI=1S/C33H35N3O6/c1-22(37)34-21-31(38)35-12-3-15-40-27-5-2-4-25(20-27)32-29-8-7-28(41-17-14-35)19-23(29)10-13-36(32)33(39)26-6-9-30-24(18-26)11-16-42-30/h2,4-9,18-20,32H,3,10-17,21H2,1H3,(H,34,37). The molecule has 218 valence electrons. The maximum absolute atomic E-state index is 14.0. The predicted octanol–water partition coefficient (Wildman–Crippen LogP) is 3.54. The zero-order valence-corrected chi connectivity index (χ0v) is 23.8. The molecule has 3 amide bonds. The van der Waals surface area contributed by atoms with Crippen molar-refractivity contribution in [2.45, 2.75) is 32.2 Å². The van der Waals surface area contributed by atoms with Crippen LogP contribution in [-0.2, 0) is 22.4 Å². The quantitative estimate of drug-likeness (QED) is 0.519. The molecule has 4 heterocycles. The van der Waals surface area contributed by atoms with E-state index in [1.54, 1.807) is 4.90 Å². The first kappa shape index (κ1) is 27.6. The van der Waals surface area contributed by atoms with E-state index in [1.165, 1.54) is 6.92 Å². The Kier molecular flexibility index (Phi) is 7.99. The van der Waals surface area contributed by atoms with Crippen LogP contribution >= 0.6 is 0 Å². The van der Waals surface area contributed by atoms with Gasteiger partial charge in [0, 0.05) is 32.0 Å². The van der Waals surface area contributed by atoms with Crippen molar-refractivity contribution in [1.82, 2.24) is 15.1 Å². The number of nitrogens with zero attached hydrogens (tertiary/aromatic N) is 2. The first-order valence-corrected chi connectivity index (χ1v) is 14.5. The molecule has 0 saturated heterocycles. The van der Waals surface area contributed by atoms with Gasteiger partial charge in [0.25, 0.3) is 5.91 Å². The number of benzene rings is 3. The Labute approximate surface area is 245 Å². The van der Waals surface area contributed by atoms with Crippen LogP contribution < -0.4 is 19.5 Å². The van der Waals surface area contributed by atoms with Gasteiger partial charge in [-0.25, -0.2) is 0 Å². The minimum atomic E-state index is -0.279. The van der Waals surface area contributed by atoms with Crippen LogP contribution in [0.3, 0.4) is 0 Å². The van der Waals surface area contributed by atoms with Crippen LogP contribution in [0, 0.1) is 0 Å². The van der Waals surface area contributed by atoms with Gasteiger partial charge in [-0.15, -0.1) is 0 Å². The van der Waals surface area contributed by atoms with E-state index in [0.717, 1.165) is 40.2 Å². The van der Waals surface area contributed by atoms with Crippen LogP contribution in [0.5, 0.6) is 17.2 Å². The molecule has 0 aliphatic carbocycles. The Bertz CT molecular complexity index is 1500. The van der Waals surface area contributed by atoms with E-state index >= 15 is 0 Å². The Morgan fingerprint density at radius 1 is 0.833 bits per heavy atom. The first-order chi connectivity index (χ1) is 20.5. The van der Waals surface area contributed by atoms with Crippen LogP contribution in [0.2, 0.25) is 0 Å². The molecule has 0 spiro atoms. The summed E-state index contributed by atoms with van der Waals surface area (Å²) in [6, 6.07) is 19.4. The summed E-state index contributed by atoms with van der Waals surface area (Å²) < 4.78 is 17.9. The highest BCUT2D eigenvalue weighted by molar-refractivity contribution is 5.95. The number of amides is 3. The monoisotopic (exact) mass is 569 g/mol. The summed E-state index contributed by atoms with van der Waals surface area (Å²) >= 11 is 0. The molecule has 7 rings (SSSR count). The second kappa shape index (κ2) is 12.1. The molecule has 9 heteroatoms. The number of carbonyl (C=O) groups excluding carboxylic acids is 3. The van der Waals surface area contributed by atoms with Gasteiger partial charge in [0.1, 0.15) is 23.9 Å². The molecule has 0 radical (unpaired) electrons. The molecule has 0 aromatic heterocycles. The zero-order chi connectivity index (χ0) is 29.1. The molecule has 1 unspecified atom stereocenters. The van der Waals surface area contributed by atoms with E-state index < -0.39 is 0 Å². The highest BCUT2D eigenvalue weighted by Crippen LogP contribution is 2.39. The Morgan fingerprint density at radius 2 is 1.69 bits per heavy atom. The topological polar surface area (TPSA) is 97.4 Å². The summed E-state index contributed by atoms with van der Waals surface area (Å²) in [5, 5.41) is 2.59. The van der Waals surface area contributed by atoms with Crippen LogP contribution in [0.1, 0.15) is 52.0 Å². The van der Waals surface area contributed by atoms with Gasteiger partial charge in [-0.3, -0.25) is 14.4 Å². The molecule has 4 aliphatic heterocycles. The lowest BCUT2D eigenvalue weighted by molar-refractivity contribution is -0.132. The Hall–Kier alpha value is -4.53. The van der Waals surface area contributed by atoms with Crippen LogP contribution in [0.15, 0.2) is 60.7 Å². The van der Waals surface area contributed by atoms with Gasteiger partial charge in [-0.2, -0.15) is 0 Å². The van der Waals surface area contributed by atoms with Gasteiger partial charge in [0.05, 0.1) is 32.3 Å². The summed E-state index contributed by atoms with van der Waals surface area (Å²) in [5.41, 5.74) is 4.89. The third-order valence-corrected chi connectivity index (χ3v) is 8.03. The SMILES string of the molecule is CC(=O)NCC(=O)N1CCCOc2cccc(c2)C2c3ccc(cc3CCN2C(=O)c2ccc3c(c2)CCO3)OCC1. The largest absolute Gasteiger partial charge is 0.494 e. The Morgan fingerprint density at radius 3 is 2.57 bits per heavy atom. The number of fused-ring (bicyclic) bond motifs is 9. The summed E-state index contributed by atoms with van der Waals surface area (Å²) in [6.07, 6.45) is 2.12. The van der Waals surface area contributed by atoms with Crippen molar-refractivity contribution < 1.29 is 28.6 Å². The highest BCUT2D eigenvalue weighted by Gasteiger charge is 2.33. The predicted molar refractivity (Wildman–Crippen MR) is 156 cm³/mol. The normalized spacial score (nSPS) is 17.9. The molecular weight excluding hydrogens is 534 g/mol. The van der Waals surface area contributed by atoms with Crippen LogP contribution in [0.25, 0.3) is 0 Å². The number of nitrogens with one attached hydrogen (secondary N) is 1. The van der Waals surface area contributed by atoms with E-state index in [2.05, 4.69) is 5.32 Å². The fourth-order valence-electron chi connectivity index (χ4n) is 5.92. The molecule has 1 N–H and O–H groups in total.